The van der Waals surface area contributed by atoms with E-state index in [1.165, 1.54) is 6.21 Å². The molecule has 1 amide bonds. The number of carbonyl (C=O) groups is 1. The zero-order valence-corrected chi connectivity index (χ0v) is 17.3. The van der Waals surface area contributed by atoms with Gasteiger partial charge in [0.05, 0.1) is 24.3 Å². The second-order valence-corrected chi connectivity index (χ2v) is 6.77. The van der Waals surface area contributed by atoms with E-state index in [9.17, 15) is 4.79 Å². The summed E-state index contributed by atoms with van der Waals surface area (Å²) in [4.78, 5) is 12.3. The summed E-state index contributed by atoms with van der Waals surface area (Å²) in [6, 6.07) is 17.2. The zero-order chi connectivity index (χ0) is 21.3. The van der Waals surface area contributed by atoms with Gasteiger partial charge < -0.3 is 9.47 Å². The highest BCUT2D eigenvalue weighted by atomic mass is 35.5. The number of hydrogen-bond donors (Lipinski definition) is 1. The van der Waals surface area contributed by atoms with Gasteiger partial charge in [-0.15, -0.1) is 6.42 Å². The Hall–Kier alpha value is -3.49. The Labute approximate surface area is 180 Å². The van der Waals surface area contributed by atoms with Crippen LogP contribution in [0.3, 0.4) is 0 Å². The van der Waals surface area contributed by atoms with Gasteiger partial charge in [0.1, 0.15) is 6.61 Å². The smallest absolute Gasteiger partial charge is 0.244 e. The van der Waals surface area contributed by atoms with Crippen LogP contribution in [-0.2, 0) is 11.2 Å². The minimum atomic E-state index is -0.215. The lowest BCUT2D eigenvalue weighted by Gasteiger charge is -2.12. The second kappa shape index (κ2) is 10.3. The molecule has 3 aromatic carbocycles. The van der Waals surface area contributed by atoms with Crippen molar-refractivity contribution in [3.63, 3.8) is 0 Å². The van der Waals surface area contributed by atoms with Gasteiger partial charge in [-0.1, -0.05) is 60.0 Å². The van der Waals surface area contributed by atoms with Crippen molar-refractivity contribution in [1.82, 2.24) is 5.43 Å². The van der Waals surface area contributed by atoms with Crippen LogP contribution < -0.4 is 14.9 Å². The molecule has 3 rings (SSSR count). The van der Waals surface area contributed by atoms with Crippen molar-refractivity contribution < 1.29 is 14.3 Å². The summed E-state index contributed by atoms with van der Waals surface area (Å²) in [5.74, 6) is 3.02. The molecule has 0 fully saturated rings. The number of benzene rings is 3. The summed E-state index contributed by atoms with van der Waals surface area (Å²) < 4.78 is 11.0. The molecule has 152 valence electrons. The topological polar surface area (TPSA) is 59.9 Å². The standard InChI is InChI=1S/C24H21ClN2O3/c1-3-12-30-24-21(25)13-17(14-22(24)29-4-2)16-26-27-23(28)15-19-10-7-9-18-8-5-6-11-20(18)19/h1,5-11,13-14,16H,4,12,15H2,2H3,(H,27,28)/b26-16-. The van der Waals surface area contributed by atoms with Gasteiger partial charge in [-0.3, -0.25) is 4.79 Å². The van der Waals surface area contributed by atoms with Crippen molar-refractivity contribution in [2.75, 3.05) is 13.2 Å². The molecule has 0 aliphatic carbocycles. The Morgan fingerprint density at radius 1 is 1.20 bits per heavy atom. The number of rotatable bonds is 8. The third-order valence-corrected chi connectivity index (χ3v) is 4.55. The van der Waals surface area contributed by atoms with E-state index >= 15 is 0 Å². The van der Waals surface area contributed by atoms with Crippen LogP contribution >= 0.6 is 11.6 Å². The molecule has 30 heavy (non-hydrogen) atoms. The summed E-state index contributed by atoms with van der Waals surface area (Å²) in [5.41, 5.74) is 4.15. The van der Waals surface area contributed by atoms with Gasteiger partial charge >= 0.3 is 0 Å². The lowest BCUT2D eigenvalue weighted by Crippen LogP contribution is -2.19. The average molecular weight is 421 g/mol. The lowest BCUT2D eigenvalue weighted by molar-refractivity contribution is -0.120. The van der Waals surface area contributed by atoms with Crippen molar-refractivity contribution in [1.29, 1.82) is 0 Å². The number of nitrogens with zero attached hydrogens (tertiary/aromatic N) is 1. The Morgan fingerprint density at radius 2 is 2.00 bits per heavy atom. The third kappa shape index (κ3) is 5.31. The zero-order valence-electron chi connectivity index (χ0n) is 16.5. The molecule has 0 saturated heterocycles. The predicted octanol–water partition coefficient (Wildman–Crippen LogP) is 4.60. The van der Waals surface area contributed by atoms with E-state index in [4.69, 9.17) is 27.5 Å². The van der Waals surface area contributed by atoms with Gasteiger partial charge in [0.15, 0.2) is 11.5 Å². The van der Waals surface area contributed by atoms with Crippen molar-refractivity contribution in [3.05, 3.63) is 70.7 Å². The highest BCUT2D eigenvalue weighted by Crippen LogP contribution is 2.36. The summed E-state index contributed by atoms with van der Waals surface area (Å²) in [7, 11) is 0. The van der Waals surface area contributed by atoms with Gasteiger partial charge in [0.25, 0.3) is 0 Å². The number of halogens is 1. The summed E-state index contributed by atoms with van der Waals surface area (Å²) >= 11 is 6.29. The first-order chi connectivity index (χ1) is 14.6. The van der Waals surface area contributed by atoms with E-state index in [1.807, 2.05) is 49.4 Å². The van der Waals surface area contributed by atoms with E-state index in [0.29, 0.717) is 28.7 Å². The van der Waals surface area contributed by atoms with E-state index < -0.39 is 0 Å². The van der Waals surface area contributed by atoms with E-state index in [2.05, 4.69) is 16.4 Å². The maximum absolute atomic E-state index is 12.3. The molecule has 6 heteroatoms. The number of terminal acetylenes is 1. The highest BCUT2D eigenvalue weighted by molar-refractivity contribution is 6.32. The van der Waals surface area contributed by atoms with E-state index in [-0.39, 0.29) is 18.9 Å². The fourth-order valence-corrected chi connectivity index (χ4v) is 3.29. The molecule has 0 radical (unpaired) electrons. The third-order valence-electron chi connectivity index (χ3n) is 4.27. The molecular weight excluding hydrogens is 400 g/mol. The number of hydrogen-bond acceptors (Lipinski definition) is 4. The van der Waals surface area contributed by atoms with Crippen LogP contribution in [0.25, 0.3) is 10.8 Å². The van der Waals surface area contributed by atoms with Gasteiger partial charge in [-0.05, 0) is 41.0 Å². The quantitative estimate of drug-likeness (QED) is 0.329. The van der Waals surface area contributed by atoms with Gasteiger partial charge in [-0.2, -0.15) is 5.10 Å². The molecule has 0 spiro atoms. The fourth-order valence-electron chi connectivity index (χ4n) is 3.02. The van der Waals surface area contributed by atoms with Crippen LogP contribution in [0.5, 0.6) is 11.5 Å². The first-order valence-electron chi connectivity index (χ1n) is 9.43. The van der Waals surface area contributed by atoms with Crippen molar-refractivity contribution >= 4 is 34.5 Å². The predicted molar refractivity (Wildman–Crippen MR) is 120 cm³/mol. The number of amides is 1. The minimum absolute atomic E-state index is 0.0808. The Morgan fingerprint density at radius 3 is 2.80 bits per heavy atom. The summed E-state index contributed by atoms with van der Waals surface area (Å²) in [6.45, 7) is 2.37. The Kier molecular flexibility index (Phi) is 7.31. The van der Waals surface area contributed by atoms with Crippen LogP contribution in [-0.4, -0.2) is 25.3 Å². The van der Waals surface area contributed by atoms with Gasteiger partial charge in [0.2, 0.25) is 5.91 Å². The van der Waals surface area contributed by atoms with Gasteiger partial charge in [0, 0.05) is 0 Å². The maximum atomic E-state index is 12.3. The molecule has 0 aromatic heterocycles. The Bertz CT molecular complexity index is 1110. The molecule has 0 aliphatic rings. The van der Waals surface area contributed by atoms with Crippen LogP contribution in [0, 0.1) is 12.3 Å². The monoisotopic (exact) mass is 420 g/mol. The van der Waals surface area contributed by atoms with Crippen molar-refractivity contribution in [3.8, 4) is 23.8 Å². The number of ether oxygens (including phenoxy) is 2. The number of hydrazone groups is 1. The van der Waals surface area contributed by atoms with E-state index in [0.717, 1.165) is 16.3 Å². The van der Waals surface area contributed by atoms with Crippen LogP contribution in [0.15, 0.2) is 59.7 Å². The van der Waals surface area contributed by atoms with Crippen LogP contribution in [0.4, 0.5) is 0 Å². The maximum Gasteiger partial charge on any atom is 0.244 e. The first-order valence-corrected chi connectivity index (χ1v) is 9.81. The summed E-state index contributed by atoms with van der Waals surface area (Å²) in [5, 5.41) is 6.53. The molecule has 0 saturated carbocycles. The largest absolute Gasteiger partial charge is 0.490 e. The molecular formula is C24H21ClN2O3. The van der Waals surface area contributed by atoms with Crippen molar-refractivity contribution in [2.45, 2.75) is 13.3 Å². The normalized spacial score (nSPS) is 10.7. The second-order valence-electron chi connectivity index (χ2n) is 6.36. The molecule has 0 aliphatic heterocycles. The molecule has 5 nitrogen and oxygen atoms in total. The fraction of sp³-hybridized carbons (Fsp3) is 0.167. The molecule has 3 aromatic rings. The van der Waals surface area contributed by atoms with Crippen molar-refractivity contribution in [2.24, 2.45) is 5.10 Å². The first kappa shape index (κ1) is 21.2. The SMILES string of the molecule is C#CCOc1c(Cl)cc(/C=N\NC(=O)Cc2cccc3ccccc23)cc1OCC. The molecule has 0 atom stereocenters. The minimum Gasteiger partial charge on any atom is -0.490 e. The summed E-state index contributed by atoms with van der Waals surface area (Å²) in [6.07, 6.45) is 6.97. The van der Waals surface area contributed by atoms with Gasteiger partial charge in [-0.25, -0.2) is 5.43 Å². The number of nitrogens with one attached hydrogen (secondary N) is 1. The number of carbonyl (C=O) groups excluding carboxylic acids is 1. The lowest BCUT2D eigenvalue weighted by atomic mass is 10.0. The molecule has 0 unspecified atom stereocenters. The van der Waals surface area contributed by atoms with Crippen LogP contribution in [0.1, 0.15) is 18.1 Å². The number of fused-ring (bicyclic) bond motifs is 1. The molecule has 1 N–H and O–H groups in total. The highest BCUT2D eigenvalue weighted by Gasteiger charge is 2.12. The Balaban J connectivity index is 1.70. The van der Waals surface area contributed by atoms with E-state index in [1.54, 1.807) is 12.1 Å². The van der Waals surface area contributed by atoms with Crippen LogP contribution in [0.2, 0.25) is 5.02 Å². The average Bonchev–Trinajstić information content (AvgIpc) is 2.74. The molecule has 0 heterocycles. The molecule has 0 bridgehead atoms.